The predicted octanol–water partition coefficient (Wildman–Crippen LogP) is 8.61. The van der Waals surface area contributed by atoms with Gasteiger partial charge in [-0.2, -0.15) is 0 Å². The summed E-state index contributed by atoms with van der Waals surface area (Å²) in [7, 11) is 0. The Morgan fingerprint density at radius 3 is 2.06 bits per heavy atom. The number of aryl methyl sites for hydroxylation is 3. The fraction of sp³-hybridized carbons (Fsp3) is 0.552. The monoisotopic (exact) mass is 439 g/mol. The summed E-state index contributed by atoms with van der Waals surface area (Å²) in [4.78, 5) is 4.65. The molecule has 3 heteroatoms. The van der Waals surface area contributed by atoms with E-state index < -0.39 is 0 Å². The molecule has 1 aliphatic carbocycles. The highest BCUT2D eigenvalue weighted by Crippen LogP contribution is 2.34. The van der Waals surface area contributed by atoms with Gasteiger partial charge in [0.25, 0.3) is 0 Å². The standard InChI is InChI=1S/C17H20N2.C8H17N.2C2H6/c1-11(2)16-10-13(4)14(5)18-17(16)19-15-8-6-7-12(3)9-15;1-6(7(2)9)8-4-3-5-8;2*1-2/h6-10H,1H2,2-5H3,(H,18,19);6-8H,3-5,9H2,1-2H3;2*1-2H3. The van der Waals surface area contributed by atoms with E-state index in [0.29, 0.717) is 6.04 Å². The van der Waals surface area contributed by atoms with E-state index in [1.807, 2.05) is 53.7 Å². The number of nitrogens with one attached hydrogen (secondary N) is 1. The summed E-state index contributed by atoms with van der Waals surface area (Å²) in [5.74, 6) is 2.57. The average molecular weight is 440 g/mol. The van der Waals surface area contributed by atoms with Gasteiger partial charge in [0, 0.05) is 23.0 Å². The van der Waals surface area contributed by atoms with Gasteiger partial charge < -0.3 is 11.1 Å². The minimum Gasteiger partial charge on any atom is -0.340 e. The van der Waals surface area contributed by atoms with E-state index in [4.69, 9.17) is 5.73 Å². The fourth-order valence-corrected chi connectivity index (χ4v) is 3.38. The van der Waals surface area contributed by atoms with E-state index >= 15 is 0 Å². The second kappa shape index (κ2) is 15.6. The van der Waals surface area contributed by atoms with Crippen molar-refractivity contribution in [2.45, 2.75) is 94.5 Å². The Balaban J connectivity index is 0.000000619. The van der Waals surface area contributed by atoms with Crippen LogP contribution in [0.15, 0.2) is 36.9 Å². The molecule has 2 unspecified atom stereocenters. The Bertz CT molecular complexity index is 804. The minimum absolute atomic E-state index is 0.398. The van der Waals surface area contributed by atoms with Gasteiger partial charge in [-0.1, -0.05) is 72.6 Å². The molecule has 3 nitrogen and oxygen atoms in total. The van der Waals surface area contributed by atoms with E-state index in [0.717, 1.165) is 40.2 Å². The number of hydrogen-bond acceptors (Lipinski definition) is 3. The van der Waals surface area contributed by atoms with Crippen LogP contribution in [0.3, 0.4) is 0 Å². The molecule has 1 fully saturated rings. The lowest BCUT2D eigenvalue weighted by Gasteiger charge is -2.33. The third-order valence-electron chi connectivity index (χ3n) is 5.93. The Morgan fingerprint density at radius 1 is 1.06 bits per heavy atom. The predicted molar refractivity (Wildman–Crippen MR) is 146 cm³/mol. The van der Waals surface area contributed by atoms with Gasteiger partial charge in [0.1, 0.15) is 5.82 Å². The van der Waals surface area contributed by atoms with Crippen molar-refractivity contribution in [3.8, 4) is 0 Å². The highest BCUT2D eigenvalue weighted by atomic mass is 15.0. The first-order valence-electron chi connectivity index (χ1n) is 12.4. The SMILES string of the molecule is C=C(C)c1cc(C)c(C)nc1Nc1cccc(C)c1.CC.CC.CC(N)C(C)C1CCC1. The molecule has 0 radical (unpaired) electrons. The van der Waals surface area contributed by atoms with Gasteiger partial charge >= 0.3 is 0 Å². The van der Waals surface area contributed by atoms with Gasteiger partial charge in [-0.3, -0.25) is 0 Å². The molecule has 1 aromatic heterocycles. The van der Waals surface area contributed by atoms with Crippen LogP contribution in [-0.2, 0) is 0 Å². The van der Waals surface area contributed by atoms with Gasteiger partial charge in [0.05, 0.1) is 0 Å². The topological polar surface area (TPSA) is 50.9 Å². The van der Waals surface area contributed by atoms with Crippen molar-refractivity contribution < 1.29 is 0 Å². The summed E-state index contributed by atoms with van der Waals surface area (Å²) < 4.78 is 0. The second-order valence-corrected chi connectivity index (χ2v) is 8.47. The lowest BCUT2D eigenvalue weighted by Crippen LogP contribution is -2.33. The van der Waals surface area contributed by atoms with Gasteiger partial charge in [-0.05, 0) is 81.4 Å². The number of nitrogens with two attached hydrogens (primary N) is 1. The zero-order chi connectivity index (χ0) is 24.8. The van der Waals surface area contributed by atoms with Gasteiger partial charge in [0.15, 0.2) is 0 Å². The van der Waals surface area contributed by atoms with Crippen LogP contribution in [-0.4, -0.2) is 11.0 Å². The Labute approximate surface area is 198 Å². The highest BCUT2D eigenvalue weighted by molar-refractivity contribution is 5.75. The van der Waals surface area contributed by atoms with Crippen LogP contribution in [0, 0.1) is 32.6 Å². The van der Waals surface area contributed by atoms with E-state index in [-0.39, 0.29) is 0 Å². The third-order valence-corrected chi connectivity index (χ3v) is 5.93. The molecule has 180 valence electrons. The first-order valence-corrected chi connectivity index (χ1v) is 12.4. The van der Waals surface area contributed by atoms with Crippen LogP contribution in [0.1, 0.15) is 90.1 Å². The molecular weight excluding hydrogens is 390 g/mol. The van der Waals surface area contributed by atoms with Crippen LogP contribution >= 0.6 is 0 Å². The number of rotatable bonds is 5. The molecule has 0 spiro atoms. The molecule has 2 atom stereocenters. The lowest BCUT2D eigenvalue weighted by molar-refractivity contribution is 0.199. The van der Waals surface area contributed by atoms with Crippen LogP contribution in [0.4, 0.5) is 11.5 Å². The van der Waals surface area contributed by atoms with Gasteiger partial charge in [0.2, 0.25) is 0 Å². The van der Waals surface area contributed by atoms with Crippen molar-refractivity contribution >= 4 is 17.1 Å². The largest absolute Gasteiger partial charge is 0.340 e. The van der Waals surface area contributed by atoms with E-state index in [9.17, 15) is 0 Å². The lowest BCUT2D eigenvalue weighted by atomic mass is 9.74. The molecule has 2 aromatic rings. The molecule has 0 bridgehead atoms. The zero-order valence-corrected chi connectivity index (χ0v) is 22.5. The van der Waals surface area contributed by atoms with Crippen LogP contribution < -0.4 is 11.1 Å². The van der Waals surface area contributed by atoms with Crippen molar-refractivity contribution in [3.05, 3.63) is 59.3 Å². The van der Waals surface area contributed by atoms with Crippen molar-refractivity contribution in [2.75, 3.05) is 5.32 Å². The molecule has 0 saturated heterocycles. The number of pyridine rings is 1. The van der Waals surface area contributed by atoms with Crippen molar-refractivity contribution in [3.63, 3.8) is 0 Å². The Hall–Kier alpha value is -2.13. The van der Waals surface area contributed by atoms with Crippen LogP contribution in [0.2, 0.25) is 0 Å². The summed E-state index contributed by atoms with van der Waals surface area (Å²) in [6.07, 6.45) is 4.27. The number of benzene rings is 1. The summed E-state index contributed by atoms with van der Waals surface area (Å²) in [5.41, 5.74) is 12.4. The fourth-order valence-electron chi connectivity index (χ4n) is 3.38. The smallest absolute Gasteiger partial charge is 0.138 e. The average Bonchev–Trinajstić information content (AvgIpc) is 2.72. The summed E-state index contributed by atoms with van der Waals surface area (Å²) in [6, 6.07) is 10.8. The molecule has 3 rings (SSSR count). The molecular formula is C29H49N3. The third kappa shape index (κ3) is 9.56. The van der Waals surface area contributed by atoms with Gasteiger partial charge in [-0.15, -0.1) is 0 Å². The van der Waals surface area contributed by atoms with Crippen molar-refractivity contribution in [1.82, 2.24) is 4.98 Å². The molecule has 32 heavy (non-hydrogen) atoms. The maximum Gasteiger partial charge on any atom is 0.138 e. The number of allylic oxidation sites excluding steroid dienone is 1. The maximum absolute atomic E-state index is 5.75. The van der Waals surface area contributed by atoms with Crippen molar-refractivity contribution in [2.24, 2.45) is 17.6 Å². The zero-order valence-electron chi connectivity index (χ0n) is 22.5. The summed E-state index contributed by atoms with van der Waals surface area (Å²) in [6.45, 7) is 24.6. The molecule has 3 N–H and O–H groups in total. The number of nitrogens with zero attached hydrogens (tertiary/aromatic N) is 1. The molecule has 1 aliphatic rings. The van der Waals surface area contributed by atoms with Crippen LogP contribution in [0.5, 0.6) is 0 Å². The molecule has 1 saturated carbocycles. The normalized spacial score (nSPS) is 14.1. The first-order chi connectivity index (χ1) is 15.2. The first kappa shape index (κ1) is 29.9. The Kier molecular flexibility index (Phi) is 14.6. The number of aromatic nitrogens is 1. The van der Waals surface area contributed by atoms with E-state index in [1.165, 1.54) is 30.4 Å². The van der Waals surface area contributed by atoms with Gasteiger partial charge in [-0.25, -0.2) is 4.98 Å². The molecule has 0 aliphatic heterocycles. The summed E-state index contributed by atoms with van der Waals surface area (Å²) >= 11 is 0. The number of hydrogen-bond donors (Lipinski definition) is 2. The highest BCUT2D eigenvalue weighted by Gasteiger charge is 2.25. The molecule has 1 heterocycles. The Morgan fingerprint density at radius 2 is 1.66 bits per heavy atom. The second-order valence-electron chi connectivity index (χ2n) is 8.47. The van der Waals surface area contributed by atoms with E-state index in [1.54, 1.807) is 0 Å². The molecule has 0 amide bonds. The summed E-state index contributed by atoms with van der Waals surface area (Å²) in [5, 5.41) is 3.39. The quantitative estimate of drug-likeness (QED) is 0.490. The number of anilines is 2. The van der Waals surface area contributed by atoms with E-state index in [2.05, 4.69) is 62.8 Å². The van der Waals surface area contributed by atoms with Crippen molar-refractivity contribution in [1.29, 1.82) is 0 Å². The minimum atomic E-state index is 0.398. The molecule has 1 aromatic carbocycles. The van der Waals surface area contributed by atoms with Crippen LogP contribution in [0.25, 0.3) is 5.57 Å². The maximum atomic E-state index is 5.75.